The SMILES string of the molecule is CC[C@]12CO[C@@H](C1O)[C@H](n1cc(I)c(NC(=O)c3ccccc3)nc1=O)O2.CC[C@]12CO[C@@H](C1O[Si](C)(C)C(C)(C)C)[C@H](n1cc(I)c(NC(=O)c3ccccc3)nc1=O)O2. The summed E-state index contributed by atoms with van der Waals surface area (Å²) in [6.45, 7) is 15.7. The second-order valence-electron chi connectivity index (χ2n) is 17.0. The molecule has 326 valence electrons. The summed E-state index contributed by atoms with van der Waals surface area (Å²) < 4.78 is 35.0. The monoisotopic (exact) mass is 1080 g/mol. The number of fused-ring (bicyclic) bond motifs is 4. The molecule has 8 rings (SSSR count). The Morgan fingerprint density at radius 1 is 0.787 bits per heavy atom. The molecule has 61 heavy (non-hydrogen) atoms. The molecular weight excluding hydrogens is 1030 g/mol. The summed E-state index contributed by atoms with van der Waals surface area (Å²) >= 11 is 4.06. The lowest BCUT2D eigenvalue weighted by molar-refractivity contribution is -0.175. The highest BCUT2D eigenvalue weighted by Gasteiger charge is 2.64. The van der Waals surface area contributed by atoms with Gasteiger partial charge in [0.15, 0.2) is 32.4 Å². The molecule has 4 bridgehead atoms. The van der Waals surface area contributed by atoms with Crippen LogP contribution in [0.1, 0.15) is 80.6 Å². The molecule has 6 heterocycles. The number of aliphatic hydroxyl groups is 1. The number of amides is 2. The van der Waals surface area contributed by atoms with E-state index in [9.17, 15) is 24.3 Å². The fourth-order valence-electron chi connectivity index (χ4n) is 7.56. The van der Waals surface area contributed by atoms with Gasteiger partial charge in [-0.25, -0.2) is 9.59 Å². The van der Waals surface area contributed by atoms with Crippen LogP contribution in [0.25, 0.3) is 0 Å². The van der Waals surface area contributed by atoms with Crippen molar-refractivity contribution in [2.24, 2.45) is 0 Å². The van der Waals surface area contributed by atoms with E-state index in [-0.39, 0.29) is 34.6 Å². The van der Waals surface area contributed by atoms with Crippen LogP contribution in [0.2, 0.25) is 18.1 Å². The van der Waals surface area contributed by atoms with Crippen molar-refractivity contribution >= 4 is 76.9 Å². The number of nitrogens with zero attached hydrogens (tertiary/aromatic N) is 4. The molecule has 3 N–H and O–H groups in total. The average Bonchev–Trinajstić information content (AvgIpc) is 3.93. The van der Waals surface area contributed by atoms with Crippen molar-refractivity contribution < 1.29 is 38.1 Å². The second kappa shape index (κ2) is 17.6. The number of hydrogen-bond acceptors (Lipinski definition) is 12. The molecule has 4 saturated heterocycles. The Bertz CT molecular complexity index is 2400. The summed E-state index contributed by atoms with van der Waals surface area (Å²) in [5.41, 5.74) is -1.53. The lowest BCUT2D eigenvalue weighted by Gasteiger charge is -2.40. The van der Waals surface area contributed by atoms with Crippen LogP contribution in [-0.2, 0) is 23.4 Å². The number of ether oxygens (including phenoxy) is 4. The first kappa shape index (κ1) is 45.6. The number of nitrogens with one attached hydrogen (secondary N) is 2. The largest absolute Gasteiger partial charge is 0.408 e. The van der Waals surface area contributed by atoms with Gasteiger partial charge < -0.3 is 39.1 Å². The molecule has 4 aliphatic heterocycles. The number of aromatic nitrogens is 4. The van der Waals surface area contributed by atoms with Gasteiger partial charge in [-0.15, -0.1) is 0 Å². The quantitative estimate of drug-likeness (QED) is 0.122. The Labute approximate surface area is 381 Å². The smallest absolute Gasteiger partial charge is 0.351 e. The van der Waals surface area contributed by atoms with Gasteiger partial charge in [-0.3, -0.25) is 18.7 Å². The molecule has 2 aromatic carbocycles. The first-order valence-electron chi connectivity index (χ1n) is 20.1. The van der Waals surface area contributed by atoms with Crippen molar-refractivity contribution in [3.63, 3.8) is 0 Å². The van der Waals surface area contributed by atoms with Crippen molar-refractivity contribution in [1.82, 2.24) is 19.1 Å². The van der Waals surface area contributed by atoms with E-state index in [4.69, 9.17) is 23.4 Å². The van der Waals surface area contributed by atoms with Crippen LogP contribution in [0.5, 0.6) is 0 Å². The Hall–Kier alpha value is -3.42. The third kappa shape index (κ3) is 8.78. The molecule has 4 fully saturated rings. The highest BCUT2D eigenvalue weighted by Crippen LogP contribution is 2.51. The highest BCUT2D eigenvalue weighted by atomic mass is 127. The van der Waals surface area contributed by atoms with Gasteiger partial charge in [-0.05, 0) is 100 Å². The van der Waals surface area contributed by atoms with Crippen LogP contribution >= 0.6 is 45.2 Å². The van der Waals surface area contributed by atoms with E-state index in [2.05, 4.69) is 84.0 Å². The molecule has 0 radical (unpaired) electrons. The van der Waals surface area contributed by atoms with Crippen LogP contribution < -0.4 is 22.0 Å². The van der Waals surface area contributed by atoms with Crippen molar-refractivity contribution in [1.29, 1.82) is 0 Å². The van der Waals surface area contributed by atoms with Gasteiger partial charge in [0.2, 0.25) is 0 Å². The molecule has 0 spiro atoms. The van der Waals surface area contributed by atoms with Gasteiger partial charge >= 0.3 is 11.4 Å². The molecular formula is C42H50I2N6O10Si. The van der Waals surface area contributed by atoms with E-state index >= 15 is 0 Å². The van der Waals surface area contributed by atoms with Crippen molar-refractivity contribution in [3.05, 3.63) is 112 Å². The predicted molar refractivity (Wildman–Crippen MR) is 245 cm³/mol. The van der Waals surface area contributed by atoms with E-state index in [1.807, 2.05) is 41.6 Å². The minimum atomic E-state index is -2.10. The Morgan fingerprint density at radius 2 is 1.21 bits per heavy atom. The Balaban J connectivity index is 0.000000189. The minimum Gasteiger partial charge on any atom is -0.408 e. The zero-order valence-corrected chi connectivity index (χ0v) is 40.2. The zero-order valence-electron chi connectivity index (χ0n) is 34.9. The number of anilines is 2. The number of rotatable bonds is 10. The van der Waals surface area contributed by atoms with Crippen LogP contribution in [0.4, 0.5) is 11.6 Å². The molecule has 2 aromatic heterocycles. The van der Waals surface area contributed by atoms with Crippen molar-refractivity contribution in [3.8, 4) is 0 Å². The Kier molecular flexibility index (Phi) is 13.2. The normalized spacial score (nSPS) is 27.7. The van der Waals surface area contributed by atoms with E-state index < -0.39 is 61.7 Å². The fraction of sp³-hybridized carbons (Fsp3) is 0.476. The van der Waals surface area contributed by atoms with E-state index in [1.165, 1.54) is 9.13 Å². The Morgan fingerprint density at radius 3 is 1.66 bits per heavy atom. The topological polar surface area (TPSA) is 194 Å². The van der Waals surface area contributed by atoms with Gasteiger partial charge in [0, 0.05) is 23.5 Å². The number of aliphatic hydroxyl groups excluding tert-OH is 1. The maximum atomic E-state index is 13.0. The first-order valence-corrected chi connectivity index (χ1v) is 25.1. The van der Waals surface area contributed by atoms with Gasteiger partial charge in [-0.2, -0.15) is 9.97 Å². The lowest BCUT2D eigenvalue weighted by atomic mass is 9.96. The molecule has 19 heteroatoms. The van der Waals surface area contributed by atoms with Crippen molar-refractivity contribution in [2.45, 2.75) is 114 Å². The zero-order chi connectivity index (χ0) is 44.1. The highest BCUT2D eigenvalue weighted by molar-refractivity contribution is 14.1. The lowest BCUT2D eigenvalue weighted by Crippen LogP contribution is -2.51. The molecule has 4 aliphatic rings. The molecule has 0 aliphatic carbocycles. The maximum absolute atomic E-state index is 13.0. The molecule has 2 unspecified atom stereocenters. The fourth-order valence-corrected chi connectivity index (χ4v) is 10.0. The molecule has 2 amide bonds. The summed E-state index contributed by atoms with van der Waals surface area (Å²) in [5.74, 6) is -0.270. The summed E-state index contributed by atoms with van der Waals surface area (Å²) in [4.78, 5) is 58.6. The van der Waals surface area contributed by atoms with E-state index in [0.717, 1.165) is 0 Å². The van der Waals surface area contributed by atoms with E-state index in [0.29, 0.717) is 44.3 Å². The van der Waals surface area contributed by atoms with Crippen LogP contribution in [0.15, 0.2) is 82.6 Å². The molecule has 8 atom stereocenters. The van der Waals surface area contributed by atoms with Crippen LogP contribution in [0.3, 0.4) is 0 Å². The number of benzene rings is 2. The predicted octanol–water partition coefficient (Wildman–Crippen LogP) is 6.10. The third-order valence-corrected chi connectivity index (χ3v) is 18.3. The van der Waals surface area contributed by atoms with Crippen LogP contribution in [-0.4, -0.2) is 93.2 Å². The van der Waals surface area contributed by atoms with Crippen molar-refractivity contribution in [2.75, 3.05) is 23.8 Å². The average molecular weight is 1080 g/mol. The second-order valence-corrected chi connectivity index (χ2v) is 24.1. The summed E-state index contributed by atoms with van der Waals surface area (Å²) in [6, 6.07) is 17.5. The van der Waals surface area contributed by atoms with Gasteiger partial charge in [0.1, 0.15) is 35.6 Å². The third-order valence-electron chi connectivity index (χ3n) is 12.3. The minimum absolute atomic E-state index is 0.0336. The summed E-state index contributed by atoms with van der Waals surface area (Å²) in [7, 11) is -2.10. The molecule has 0 saturated carbocycles. The molecule has 16 nitrogen and oxygen atoms in total. The molecule has 4 aromatic rings. The van der Waals surface area contributed by atoms with Crippen LogP contribution in [0, 0.1) is 7.14 Å². The van der Waals surface area contributed by atoms with E-state index in [1.54, 1.807) is 60.9 Å². The summed E-state index contributed by atoms with van der Waals surface area (Å²) in [5, 5.41) is 15.8. The number of hydrogen-bond donors (Lipinski definition) is 3. The van der Waals surface area contributed by atoms with Gasteiger partial charge in [0.25, 0.3) is 11.8 Å². The summed E-state index contributed by atoms with van der Waals surface area (Å²) in [6.07, 6.45) is 1.03. The number of carbonyl (C=O) groups is 2. The number of carbonyl (C=O) groups excluding carboxylic acids is 2. The van der Waals surface area contributed by atoms with Gasteiger partial charge in [0.05, 0.1) is 20.4 Å². The first-order chi connectivity index (χ1) is 28.8. The maximum Gasteiger partial charge on any atom is 0.351 e. The van der Waals surface area contributed by atoms with Gasteiger partial charge in [-0.1, -0.05) is 71.0 Å². The standard InChI is InChI=1S/C24H32IN3O5Si.C18H18IN3O5/c1-7-24-14-31-17(18(24)33-34(5,6)23(2,3)4)21(32-24)28-13-16(25)19(27-22(28)30)26-20(29)15-11-9-8-10-12-15;1-2-18-9-26-12(13(18)23)16(27-18)22-8-11(19)14(21-17(22)25)20-15(24)10-6-4-3-5-7-10/h8-13,17-18,21H,7,14H2,1-6H3,(H,26,27,29,30);3-8,12-13,16,23H,2,9H2,1H3,(H,20,21,24,25)/t17-,18?,21+,24-;12-,13?,16+,18-/m00/s1. The number of halogens is 2.